The molecule has 0 aliphatic heterocycles. The average Bonchev–Trinajstić information content (AvgIpc) is 2.93. The molecule has 1 atom stereocenters. The van der Waals surface area contributed by atoms with Gasteiger partial charge in [0.25, 0.3) is 0 Å². The Labute approximate surface area is 125 Å². The van der Waals surface area contributed by atoms with Crippen LogP contribution in [0, 0.1) is 0 Å². The average molecular weight is 289 g/mol. The summed E-state index contributed by atoms with van der Waals surface area (Å²) in [7, 11) is 0. The van der Waals surface area contributed by atoms with Crippen LogP contribution in [0.5, 0.6) is 0 Å². The van der Waals surface area contributed by atoms with Crippen LogP contribution < -0.4 is 5.32 Å². The predicted octanol–water partition coefficient (Wildman–Crippen LogP) is 3.87. The molecule has 108 valence electrons. The highest BCUT2D eigenvalue weighted by molar-refractivity contribution is 7.98. The van der Waals surface area contributed by atoms with Crippen molar-refractivity contribution in [1.29, 1.82) is 0 Å². The van der Waals surface area contributed by atoms with Crippen LogP contribution in [-0.4, -0.2) is 16.1 Å². The van der Waals surface area contributed by atoms with Crippen molar-refractivity contribution in [1.82, 2.24) is 14.9 Å². The summed E-state index contributed by atoms with van der Waals surface area (Å²) < 4.78 is 2.19. The normalized spacial score (nSPS) is 12.6. The van der Waals surface area contributed by atoms with Gasteiger partial charge in [0.2, 0.25) is 0 Å². The molecule has 2 rings (SSSR count). The molecule has 0 amide bonds. The number of rotatable bonds is 7. The molecular weight excluding hydrogens is 266 g/mol. The van der Waals surface area contributed by atoms with Gasteiger partial charge in [-0.25, -0.2) is 4.98 Å². The Kier molecular flexibility index (Phi) is 5.68. The summed E-state index contributed by atoms with van der Waals surface area (Å²) in [6, 6.07) is 9.20. The van der Waals surface area contributed by atoms with E-state index in [9.17, 15) is 0 Å². The number of hydrogen-bond acceptors (Lipinski definition) is 3. The molecule has 1 heterocycles. The summed E-state index contributed by atoms with van der Waals surface area (Å²) in [5.41, 5.74) is 2.63. The molecular formula is C16H23N3S. The van der Waals surface area contributed by atoms with Crippen LogP contribution in [0.1, 0.15) is 38.1 Å². The molecule has 0 spiro atoms. The quantitative estimate of drug-likeness (QED) is 0.785. The maximum absolute atomic E-state index is 4.22. The van der Waals surface area contributed by atoms with Crippen molar-refractivity contribution in [2.24, 2.45) is 0 Å². The van der Waals surface area contributed by atoms with Gasteiger partial charge in [0.1, 0.15) is 0 Å². The van der Waals surface area contributed by atoms with Crippen molar-refractivity contribution in [3.05, 3.63) is 48.0 Å². The Bertz CT molecular complexity index is 536. The summed E-state index contributed by atoms with van der Waals surface area (Å²) in [6.45, 7) is 8.47. The lowest BCUT2D eigenvalue weighted by atomic mass is 10.1. The SMILES string of the molecule is CCNC(C)c1cccc(SCc2cncn2CC)c1. The van der Waals surface area contributed by atoms with Crippen LogP contribution in [0.15, 0.2) is 41.7 Å². The van der Waals surface area contributed by atoms with Gasteiger partial charge in [0.15, 0.2) is 0 Å². The van der Waals surface area contributed by atoms with Crippen LogP contribution in [-0.2, 0) is 12.3 Å². The van der Waals surface area contributed by atoms with Gasteiger partial charge >= 0.3 is 0 Å². The molecule has 0 saturated heterocycles. The highest BCUT2D eigenvalue weighted by Crippen LogP contribution is 2.25. The zero-order chi connectivity index (χ0) is 14.4. The Hall–Kier alpha value is -1.26. The van der Waals surface area contributed by atoms with Crippen molar-refractivity contribution < 1.29 is 0 Å². The molecule has 0 radical (unpaired) electrons. The van der Waals surface area contributed by atoms with E-state index < -0.39 is 0 Å². The second kappa shape index (κ2) is 7.50. The minimum atomic E-state index is 0.404. The number of nitrogens with zero attached hydrogens (tertiary/aromatic N) is 2. The zero-order valence-electron chi connectivity index (χ0n) is 12.5. The lowest BCUT2D eigenvalue weighted by Gasteiger charge is -2.13. The van der Waals surface area contributed by atoms with Crippen molar-refractivity contribution in [2.45, 2.75) is 44.0 Å². The molecule has 1 N–H and O–H groups in total. The molecule has 0 fully saturated rings. The topological polar surface area (TPSA) is 29.9 Å². The largest absolute Gasteiger partial charge is 0.334 e. The summed E-state index contributed by atoms with van der Waals surface area (Å²) in [5, 5.41) is 3.45. The van der Waals surface area contributed by atoms with Crippen LogP contribution in [0.3, 0.4) is 0 Å². The van der Waals surface area contributed by atoms with Gasteiger partial charge in [-0.3, -0.25) is 0 Å². The third-order valence-electron chi connectivity index (χ3n) is 3.39. The van der Waals surface area contributed by atoms with Gasteiger partial charge in [-0.1, -0.05) is 19.1 Å². The maximum Gasteiger partial charge on any atom is 0.0948 e. The number of thioether (sulfide) groups is 1. The van der Waals surface area contributed by atoms with Gasteiger partial charge in [-0.05, 0) is 38.1 Å². The summed E-state index contributed by atoms with van der Waals surface area (Å²) in [6.07, 6.45) is 3.86. The molecule has 1 aromatic carbocycles. The van der Waals surface area contributed by atoms with Crippen LogP contribution in [0.25, 0.3) is 0 Å². The number of nitrogens with one attached hydrogen (secondary N) is 1. The third-order valence-corrected chi connectivity index (χ3v) is 4.42. The van der Waals surface area contributed by atoms with Crippen molar-refractivity contribution in [3.63, 3.8) is 0 Å². The number of imidazole rings is 1. The monoisotopic (exact) mass is 289 g/mol. The van der Waals surface area contributed by atoms with Gasteiger partial charge in [-0.15, -0.1) is 11.8 Å². The molecule has 0 aliphatic carbocycles. The van der Waals surface area contributed by atoms with Crippen LogP contribution >= 0.6 is 11.8 Å². The molecule has 1 aromatic heterocycles. The first kappa shape index (κ1) is 15.1. The Balaban J connectivity index is 2.01. The van der Waals surface area contributed by atoms with E-state index in [4.69, 9.17) is 0 Å². The lowest BCUT2D eigenvalue weighted by Crippen LogP contribution is -2.17. The smallest absolute Gasteiger partial charge is 0.0948 e. The van der Waals surface area contributed by atoms with E-state index in [0.29, 0.717) is 6.04 Å². The summed E-state index contributed by atoms with van der Waals surface area (Å²) in [4.78, 5) is 5.53. The standard InChI is InChI=1S/C16H23N3S/c1-4-18-13(3)14-7-6-8-16(9-14)20-11-15-10-17-12-19(15)5-2/h6-10,12-13,18H,4-5,11H2,1-3H3. The fourth-order valence-corrected chi connectivity index (χ4v) is 3.16. The lowest BCUT2D eigenvalue weighted by molar-refractivity contribution is 0.597. The molecule has 20 heavy (non-hydrogen) atoms. The zero-order valence-corrected chi connectivity index (χ0v) is 13.3. The molecule has 0 aliphatic rings. The molecule has 0 bridgehead atoms. The Morgan fingerprint density at radius 1 is 1.35 bits per heavy atom. The number of benzene rings is 1. The number of aryl methyl sites for hydroxylation is 1. The first-order valence-corrected chi connectivity index (χ1v) is 8.18. The molecule has 3 nitrogen and oxygen atoms in total. The van der Waals surface area contributed by atoms with Gasteiger partial charge < -0.3 is 9.88 Å². The van der Waals surface area contributed by atoms with E-state index in [2.05, 4.69) is 59.9 Å². The van der Waals surface area contributed by atoms with Crippen molar-refractivity contribution >= 4 is 11.8 Å². The second-order valence-electron chi connectivity index (χ2n) is 4.81. The molecule has 0 saturated carbocycles. The molecule has 1 unspecified atom stereocenters. The van der Waals surface area contributed by atoms with Gasteiger partial charge in [0.05, 0.1) is 6.33 Å². The van der Waals surface area contributed by atoms with E-state index in [0.717, 1.165) is 18.8 Å². The highest BCUT2D eigenvalue weighted by atomic mass is 32.2. The van der Waals surface area contributed by atoms with E-state index in [1.807, 2.05) is 24.3 Å². The van der Waals surface area contributed by atoms with E-state index in [1.165, 1.54) is 16.2 Å². The second-order valence-corrected chi connectivity index (χ2v) is 5.86. The van der Waals surface area contributed by atoms with Crippen LogP contribution in [0.2, 0.25) is 0 Å². The summed E-state index contributed by atoms with van der Waals surface area (Å²) >= 11 is 1.87. The van der Waals surface area contributed by atoms with E-state index in [-0.39, 0.29) is 0 Å². The molecule has 2 aromatic rings. The fraction of sp³-hybridized carbons (Fsp3) is 0.438. The van der Waals surface area contributed by atoms with Gasteiger partial charge in [0, 0.05) is 35.1 Å². The maximum atomic E-state index is 4.22. The number of hydrogen-bond donors (Lipinski definition) is 1. The Morgan fingerprint density at radius 3 is 2.95 bits per heavy atom. The fourth-order valence-electron chi connectivity index (χ4n) is 2.21. The number of aromatic nitrogens is 2. The Morgan fingerprint density at radius 2 is 2.20 bits per heavy atom. The van der Waals surface area contributed by atoms with E-state index in [1.54, 1.807) is 0 Å². The third kappa shape index (κ3) is 3.87. The minimum absolute atomic E-state index is 0.404. The van der Waals surface area contributed by atoms with Gasteiger partial charge in [-0.2, -0.15) is 0 Å². The predicted molar refractivity (Wildman–Crippen MR) is 86.0 cm³/mol. The highest BCUT2D eigenvalue weighted by Gasteiger charge is 2.06. The van der Waals surface area contributed by atoms with E-state index >= 15 is 0 Å². The van der Waals surface area contributed by atoms with Crippen LogP contribution in [0.4, 0.5) is 0 Å². The van der Waals surface area contributed by atoms with Crippen molar-refractivity contribution in [2.75, 3.05) is 6.54 Å². The first-order valence-electron chi connectivity index (χ1n) is 7.19. The first-order chi connectivity index (χ1) is 9.74. The van der Waals surface area contributed by atoms with Crippen molar-refractivity contribution in [3.8, 4) is 0 Å². The minimum Gasteiger partial charge on any atom is -0.334 e. The summed E-state index contributed by atoms with van der Waals surface area (Å²) in [5.74, 6) is 0.965. The molecule has 4 heteroatoms.